The first kappa shape index (κ1) is 26.4. The topological polar surface area (TPSA) is 111 Å². The van der Waals surface area contributed by atoms with Crippen molar-refractivity contribution in [1.29, 1.82) is 0 Å². The Bertz CT molecular complexity index is 1290. The normalized spacial score (nSPS) is 14.4. The number of aryl methyl sites for hydroxylation is 1. The van der Waals surface area contributed by atoms with Crippen LogP contribution in [-0.2, 0) is 4.74 Å². The Morgan fingerprint density at radius 3 is 2.49 bits per heavy atom. The molecule has 0 aliphatic carbocycles. The summed E-state index contributed by atoms with van der Waals surface area (Å²) in [4.78, 5) is 35.9. The van der Waals surface area contributed by atoms with Crippen LogP contribution in [-0.4, -0.2) is 62.4 Å². The largest absolute Gasteiger partial charge is 0.481 e. The summed E-state index contributed by atoms with van der Waals surface area (Å²) in [7, 11) is 1.56. The van der Waals surface area contributed by atoms with E-state index in [1.54, 1.807) is 29.1 Å². The number of anilines is 1. The van der Waals surface area contributed by atoms with E-state index in [1.165, 1.54) is 6.20 Å². The van der Waals surface area contributed by atoms with E-state index in [0.29, 0.717) is 37.6 Å². The van der Waals surface area contributed by atoms with Crippen molar-refractivity contribution in [3.05, 3.63) is 53.1 Å². The molecule has 4 rings (SSSR count). The van der Waals surface area contributed by atoms with Crippen LogP contribution in [0.2, 0.25) is 5.02 Å². The van der Waals surface area contributed by atoms with Crippen molar-refractivity contribution in [3.8, 4) is 17.0 Å². The number of ether oxygens (including phenoxy) is 2. The van der Waals surface area contributed by atoms with Crippen LogP contribution in [0.4, 0.5) is 10.6 Å². The van der Waals surface area contributed by atoms with Gasteiger partial charge in [0.05, 0.1) is 24.4 Å². The first-order valence-electron chi connectivity index (χ1n) is 12.0. The Balaban J connectivity index is 1.46. The third-order valence-electron chi connectivity index (χ3n) is 6.02. The smallest absolute Gasteiger partial charge is 0.410 e. The highest BCUT2D eigenvalue weighted by Crippen LogP contribution is 2.29. The van der Waals surface area contributed by atoms with Crippen molar-refractivity contribution in [2.24, 2.45) is 0 Å². The molecule has 3 aromatic rings. The van der Waals surface area contributed by atoms with Gasteiger partial charge >= 0.3 is 6.09 Å². The molecule has 0 spiro atoms. The molecule has 37 heavy (non-hydrogen) atoms. The molecule has 0 bridgehead atoms. The number of halogens is 1. The summed E-state index contributed by atoms with van der Waals surface area (Å²) in [6, 6.07) is 5.54. The number of nitrogens with zero attached hydrogens (tertiary/aromatic N) is 5. The van der Waals surface area contributed by atoms with E-state index in [9.17, 15) is 9.59 Å². The quantitative estimate of drug-likeness (QED) is 0.490. The van der Waals surface area contributed by atoms with Gasteiger partial charge in [-0.1, -0.05) is 11.6 Å². The van der Waals surface area contributed by atoms with Crippen LogP contribution in [0.5, 0.6) is 5.88 Å². The second-order valence-electron chi connectivity index (χ2n) is 9.91. The number of likely N-dealkylation sites (tertiary alicyclic amines) is 1. The lowest BCUT2D eigenvalue weighted by Gasteiger charge is -2.33. The summed E-state index contributed by atoms with van der Waals surface area (Å²) in [5.74, 6) is 0.539. The molecular weight excluding hydrogens is 496 g/mol. The predicted molar refractivity (Wildman–Crippen MR) is 140 cm³/mol. The number of carbonyl (C=O) groups excluding carboxylic acids is 2. The van der Waals surface area contributed by atoms with Gasteiger partial charge in [0.2, 0.25) is 5.88 Å². The zero-order chi connectivity index (χ0) is 26.7. The number of amides is 2. The van der Waals surface area contributed by atoms with Crippen molar-refractivity contribution in [2.75, 3.05) is 25.5 Å². The Morgan fingerprint density at radius 1 is 1.11 bits per heavy atom. The molecule has 196 valence electrons. The Kier molecular flexibility index (Phi) is 7.68. The molecule has 1 fully saturated rings. The molecule has 0 radical (unpaired) electrons. The molecule has 1 saturated heterocycles. The predicted octanol–water partition coefficient (Wildman–Crippen LogP) is 5.13. The van der Waals surface area contributed by atoms with E-state index in [2.05, 4.69) is 20.4 Å². The number of hydrogen-bond acceptors (Lipinski definition) is 7. The van der Waals surface area contributed by atoms with E-state index in [1.807, 2.05) is 45.9 Å². The van der Waals surface area contributed by atoms with Gasteiger partial charge in [-0.05, 0) is 63.8 Å². The molecule has 0 aromatic carbocycles. The first-order valence-corrected chi connectivity index (χ1v) is 12.4. The van der Waals surface area contributed by atoms with Gasteiger partial charge in [0.1, 0.15) is 17.1 Å². The van der Waals surface area contributed by atoms with Crippen LogP contribution < -0.4 is 10.1 Å². The molecule has 11 heteroatoms. The maximum absolute atomic E-state index is 13.3. The summed E-state index contributed by atoms with van der Waals surface area (Å²) < 4.78 is 12.3. The molecule has 1 aliphatic heterocycles. The van der Waals surface area contributed by atoms with Crippen molar-refractivity contribution in [3.63, 3.8) is 0 Å². The third kappa shape index (κ3) is 6.19. The SMILES string of the molecule is COc1cc(-c2cnc(NC(=O)c3c(Cl)cnn3C3CCN(C(=O)OC(C)(C)C)CC3)c(C)c2)ccn1. The number of piperidine rings is 1. The van der Waals surface area contributed by atoms with Crippen LogP contribution in [0.1, 0.15) is 55.7 Å². The molecule has 0 atom stereocenters. The minimum absolute atomic E-state index is 0.0787. The van der Waals surface area contributed by atoms with Gasteiger partial charge in [-0.2, -0.15) is 5.10 Å². The average molecular weight is 527 g/mol. The van der Waals surface area contributed by atoms with Crippen LogP contribution >= 0.6 is 11.6 Å². The maximum Gasteiger partial charge on any atom is 0.410 e. The van der Waals surface area contributed by atoms with Gasteiger partial charge in [-0.25, -0.2) is 14.8 Å². The fourth-order valence-corrected chi connectivity index (χ4v) is 4.40. The molecular formula is C26H31ClN6O4. The van der Waals surface area contributed by atoms with E-state index in [-0.39, 0.29) is 22.9 Å². The van der Waals surface area contributed by atoms with Crippen LogP contribution in [0.25, 0.3) is 11.1 Å². The van der Waals surface area contributed by atoms with Crippen LogP contribution in [0.3, 0.4) is 0 Å². The highest BCUT2D eigenvalue weighted by atomic mass is 35.5. The molecule has 3 aromatic heterocycles. The summed E-state index contributed by atoms with van der Waals surface area (Å²) in [6.45, 7) is 8.40. The zero-order valence-corrected chi connectivity index (χ0v) is 22.4. The number of hydrogen-bond donors (Lipinski definition) is 1. The third-order valence-corrected chi connectivity index (χ3v) is 6.29. The second kappa shape index (κ2) is 10.8. The number of methoxy groups -OCH3 is 1. The first-order chi connectivity index (χ1) is 17.6. The Labute approximate surface area is 220 Å². The molecule has 0 saturated carbocycles. The minimum Gasteiger partial charge on any atom is -0.481 e. The molecule has 4 heterocycles. The van der Waals surface area contributed by atoms with E-state index < -0.39 is 11.5 Å². The van der Waals surface area contributed by atoms with Crippen molar-refractivity contribution >= 4 is 29.4 Å². The highest BCUT2D eigenvalue weighted by molar-refractivity contribution is 6.34. The fourth-order valence-electron chi connectivity index (χ4n) is 4.18. The lowest BCUT2D eigenvalue weighted by atomic mass is 10.1. The van der Waals surface area contributed by atoms with E-state index >= 15 is 0 Å². The molecule has 1 aliphatic rings. The number of rotatable bonds is 5. The van der Waals surface area contributed by atoms with Crippen molar-refractivity contribution in [2.45, 2.75) is 52.2 Å². The number of aromatic nitrogens is 4. The van der Waals surface area contributed by atoms with Gasteiger partial charge < -0.3 is 19.7 Å². The average Bonchev–Trinajstić information content (AvgIpc) is 3.25. The van der Waals surface area contributed by atoms with E-state index in [0.717, 1.165) is 16.7 Å². The molecule has 2 amide bonds. The Morgan fingerprint density at radius 2 is 1.84 bits per heavy atom. The fraction of sp³-hybridized carbons (Fsp3) is 0.423. The summed E-state index contributed by atoms with van der Waals surface area (Å²) in [6.07, 6.45) is 5.73. The lowest BCUT2D eigenvalue weighted by Crippen LogP contribution is -2.42. The monoisotopic (exact) mass is 526 g/mol. The van der Waals surface area contributed by atoms with Gasteiger partial charge in [-0.15, -0.1) is 0 Å². The summed E-state index contributed by atoms with van der Waals surface area (Å²) >= 11 is 6.38. The highest BCUT2D eigenvalue weighted by Gasteiger charge is 2.30. The summed E-state index contributed by atoms with van der Waals surface area (Å²) in [5.41, 5.74) is 2.27. The van der Waals surface area contributed by atoms with Gasteiger partial charge in [0.15, 0.2) is 0 Å². The van der Waals surface area contributed by atoms with Crippen molar-refractivity contribution < 1.29 is 19.1 Å². The number of carbonyl (C=O) groups is 2. The van der Waals surface area contributed by atoms with Crippen molar-refractivity contribution in [1.82, 2.24) is 24.6 Å². The van der Waals surface area contributed by atoms with Gasteiger partial charge in [0.25, 0.3) is 5.91 Å². The lowest BCUT2D eigenvalue weighted by molar-refractivity contribution is 0.0183. The second-order valence-corrected chi connectivity index (χ2v) is 10.3. The summed E-state index contributed by atoms with van der Waals surface area (Å²) in [5, 5.41) is 7.50. The molecule has 0 unspecified atom stereocenters. The number of pyridine rings is 2. The van der Waals surface area contributed by atoms with Gasteiger partial charge in [-0.3, -0.25) is 9.48 Å². The van der Waals surface area contributed by atoms with Crippen LogP contribution in [0, 0.1) is 6.92 Å². The zero-order valence-electron chi connectivity index (χ0n) is 21.6. The van der Waals surface area contributed by atoms with Crippen LogP contribution in [0.15, 0.2) is 36.8 Å². The molecule has 10 nitrogen and oxygen atoms in total. The van der Waals surface area contributed by atoms with Gasteiger partial charge in [0, 0.05) is 37.1 Å². The van der Waals surface area contributed by atoms with E-state index in [4.69, 9.17) is 21.1 Å². The Hall–Kier alpha value is -3.66. The molecule has 1 N–H and O–H groups in total. The maximum atomic E-state index is 13.3. The standard InChI is InChI=1S/C26H31ClN6O4/c1-16-12-18(17-6-9-28-21(13-17)36-5)14-29-23(16)31-24(34)22-20(27)15-30-33(22)19-7-10-32(11-8-19)25(35)37-26(2,3)4/h6,9,12-15,19H,7-8,10-11H2,1-5H3,(H,29,31,34). The number of nitrogens with one attached hydrogen (secondary N) is 1. The minimum atomic E-state index is -0.551.